The standard InChI is InChI=1S/C10H12ClNO4/c1-3-7(10(14)15)12(2)9(13)6-4-5-16-8(6)11/h4-5,7H,3H2,1-2H3,(H,14,15). The summed E-state index contributed by atoms with van der Waals surface area (Å²) in [6.07, 6.45) is 1.61. The van der Waals surface area contributed by atoms with Crippen molar-refractivity contribution in [2.24, 2.45) is 0 Å². The van der Waals surface area contributed by atoms with Gasteiger partial charge in [-0.3, -0.25) is 4.79 Å². The molecular weight excluding hydrogens is 234 g/mol. The molecule has 1 heterocycles. The molecule has 0 saturated heterocycles. The van der Waals surface area contributed by atoms with Crippen molar-refractivity contribution in [1.29, 1.82) is 0 Å². The zero-order valence-electron chi connectivity index (χ0n) is 8.94. The number of carboxylic acid groups (broad SMARTS) is 1. The van der Waals surface area contributed by atoms with Crippen LogP contribution in [0.2, 0.25) is 5.22 Å². The molecule has 0 bridgehead atoms. The van der Waals surface area contributed by atoms with Crippen molar-refractivity contribution in [2.75, 3.05) is 7.05 Å². The topological polar surface area (TPSA) is 70.8 Å². The van der Waals surface area contributed by atoms with Gasteiger partial charge in [0, 0.05) is 7.05 Å². The minimum atomic E-state index is -1.04. The van der Waals surface area contributed by atoms with Gasteiger partial charge in [-0.2, -0.15) is 0 Å². The number of carboxylic acids is 1. The summed E-state index contributed by atoms with van der Waals surface area (Å²) in [7, 11) is 1.42. The van der Waals surface area contributed by atoms with E-state index in [0.29, 0.717) is 6.42 Å². The lowest BCUT2D eigenvalue weighted by molar-refractivity contribution is -0.142. The van der Waals surface area contributed by atoms with Gasteiger partial charge in [-0.25, -0.2) is 4.79 Å². The van der Waals surface area contributed by atoms with Crippen LogP contribution in [0.1, 0.15) is 23.7 Å². The summed E-state index contributed by atoms with van der Waals surface area (Å²) in [5.74, 6) is -1.51. The first-order chi connectivity index (χ1) is 7.49. The Balaban J connectivity index is 2.90. The van der Waals surface area contributed by atoms with Crippen molar-refractivity contribution in [3.63, 3.8) is 0 Å². The van der Waals surface area contributed by atoms with Crippen LogP contribution in [0, 0.1) is 0 Å². The van der Waals surface area contributed by atoms with Gasteiger partial charge in [0.25, 0.3) is 5.91 Å². The Morgan fingerprint density at radius 2 is 2.25 bits per heavy atom. The van der Waals surface area contributed by atoms with Crippen LogP contribution in [0.5, 0.6) is 0 Å². The average molecular weight is 246 g/mol. The molecule has 0 fully saturated rings. The van der Waals surface area contributed by atoms with E-state index in [4.69, 9.17) is 21.1 Å². The normalized spacial score (nSPS) is 12.2. The molecule has 1 atom stereocenters. The molecule has 88 valence electrons. The van der Waals surface area contributed by atoms with E-state index in [9.17, 15) is 9.59 Å². The van der Waals surface area contributed by atoms with Crippen LogP contribution < -0.4 is 0 Å². The molecule has 0 radical (unpaired) electrons. The van der Waals surface area contributed by atoms with Gasteiger partial charge in [0.05, 0.1) is 11.8 Å². The summed E-state index contributed by atoms with van der Waals surface area (Å²) in [6, 6.07) is 0.550. The molecule has 1 unspecified atom stereocenters. The molecule has 0 aromatic carbocycles. The number of aliphatic carboxylic acids is 1. The number of hydrogen-bond donors (Lipinski definition) is 1. The molecular formula is C10H12ClNO4. The zero-order valence-corrected chi connectivity index (χ0v) is 9.69. The largest absolute Gasteiger partial charge is 0.480 e. The molecule has 1 N–H and O–H groups in total. The van der Waals surface area contributed by atoms with Gasteiger partial charge in [-0.1, -0.05) is 6.92 Å². The maximum absolute atomic E-state index is 11.8. The van der Waals surface area contributed by atoms with Crippen molar-refractivity contribution in [3.05, 3.63) is 23.1 Å². The van der Waals surface area contributed by atoms with E-state index in [2.05, 4.69) is 0 Å². The SMILES string of the molecule is CCC(C(=O)O)N(C)C(=O)c1ccoc1Cl. The maximum Gasteiger partial charge on any atom is 0.326 e. The Morgan fingerprint density at radius 3 is 2.62 bits per heavy atom. The van der Waals surface area contributed by atoms with Gasteiger partial charge in [0.2, 0.25) is 5.22 Å². The first kappa shape index (κ1) is 12.6. The average Bonchev–Trinajstić information content (AvgIpc) is 2.63. The van der Waals surface area contributed by atoms with Crippen LogP contribution in [0.25, 0.3) is 0 Å². The summed E-state index contributed by atoms with van der Waals surface area (Å²) in [6.45, 7) is 1.69. The van der Waals surface area contributed by atoms with Gasteiger partial charge >= 0.3 is 5.97 Å². The third-order valence-electron chi connectivity index (χ3n) is 2.31. The van der Waals surface area contributed by atoms with Gasteiger partial charge in [0.1, 0.15) is 6.04 Å². The van der Waals surface area contributed by atoms with E-state index >= 15 is 0 Å². The highest BCUT2D eigenvalue weighted by molar-refractivity contribution is 6.32. The van der Waals surface area contributed by atoms with Crippen LogP contribution in [0.4, 0.5) is 0 Å². The number of carbonyl (C=O) groups is 2. The van der Waals surface area contributed by atoms with Crippen LogP contribution >= 0.6 is 11.6 Å². The second-order valence-electron chi connectivity index (χ2n) is 3.29. The van der Waals surface area contributed by atoms with Crippen molar-refractivity contribution < 1.29 is 19.1 Å². The van der Waals surface area contributed by atoms with Crippen LogP contribution in [0.3, 0.4) is 0 Å². The summed E-state index contributed by atoms with van der Waals surface area (Å²) in [5.41, 5.74) is 0.170. The number of rotatable bonds is 4. The van der Waals surface area contributed by atoms with Crippen molar-refractivity contribution in [2.45, 2.75) is 19.4 Å². The lowest BCUT2D eigenvalue weighted by atomic mass is 10.2. The van der Waals surface area contributed by atoms with Gasteiger partial charge < -0.3 is 14.4 Å². The Bertz CT molecular complexity index is 401. The summed E-state index contributed by atoms with van der Waals surface area (Å²) in [4.78, 5) is 23.9. The number of nitrogens with zero attached hydrogens (tertiary/aromatic N) is 1. The molecule has 0 saturated carbocycles. The van der Waals surface area contributed by atoms with Crippen molar-refractivity contribution in [3.8, 4) is 0 Å². The van der Waals surface area contributed by atoms with Gasteiger partial charge in [-0.05, 0) is 24.1 Å². The molecule has 6 heteroatoms. The van der Waals surface area contributed by atoms with E-state index in [0.717, 1.165) is 4.90 Å². The fraction of sp³-hybridized carbons (Fsp3) is 0.400. The second-order valence-corrected chi connectivity index (χ2v) is 3.63. The van der Waals surface area contributed by atoms with E-state index in [1.54, 1.807) is 6.92 Å². The molecule has 1 amide bonds. The molecule has 0 spiro atoms. The summed E-state index contributed by atoms with van der Waals surface area (Å²) >= 11 is 5.64. The number of carbonyl (C=O) groups excluding carboxylic acids is 1. The molecule has 16 heavy (non-hydrogen) atoms. The third kappa shape index (κ3) is 2.36. The lowest BCUT2D eigenvalue weighted by Crippen LogP contribution is -2.41. The highest BCUT2D eigenvalue weighted by Crippen LogP contribution is 2.19. The minimum Gasteiger partial charge on any atom is -0.480 e. The number of halogens is 1. The molecule has 0 aliphatic heterocycles. The number of likely N-dealkylation sites (N-methyl/N-ethyl adjacent to an activating group) is 1. The van der Waals surface area contributed by atoms with Crippen LogP contribution in [-0.4, -0.2) is 35.0 Å². The Labute approximate surface area is 97.6 Å². The Hall–Kier alpha value is -1.49. The third-order valence-corrected chi connectivity index (χ3v) is 2.60. The number of furan rings is 1. The quantitative estimate of drug-likeness (QED) is 0.879. The van der Waals surface area contributed by atoms with E-state index in [-0.39, 0.29) is 10.8 Å². The zero-order chi connectivity index (χ0) is 12.3. The first-order valence-corrected chi connectivity index (χ1v) is 5.09. The van der Waals surface area contributed by atoms with E-state index < -0.39 is 17.9 Å². The van der Waals surface area contributed by atoms with E-state index in [1.807, 2.05) is 0 Å². The molecule has 5 nitrogen and oxygen atoms in total. The second kappa shape index (κ2) is 5.03. The summed E-state index contributed by atoms with van der Waals surface area (Å²) < 4.78 is 4.78. The van der Waals surface area contributed by atoms with Crippen LogP contribution in [0.15, 0.2) is 16.7 Å². The molecule has 0 aliphatic carbocycles. The monoisotopic (exact) mass is 245 g/mol. The predicted octanol–water partition coefficient (Wildman–Crippen LogP) is 1.87. The molecule has 1 aromatic heterocycles. The smallest absolute Gasteiger partial charge is 0.326 e. The maximum atomic E-state index is 11.8. The summed E-state index contributed by atoms with van der Waals surface area (Å²) in [5, 5.41) is 8.88. The lowest BCUT2D eigenvalue weighted by Gasteiger charge is -2.23. The van der Waals surface area contributed by atoms with Crippen molar-refractivity contribution in [1.82, 2.24) is 4.90 Å². The van der Waals surface area contributed by atoms with Crippen LogP contribution in [-0.2, 0) is 4.79 Å². The molecule has 1 rings (SSSR count). The predicted molar refractivity (Wildman–Crippen MR) is 57.5 cm³/mol. The fourth-order valence-corrected chi connectivity index (χ4v) is 1.59. The van der Waals surface area contributed by atoms with Gasteiger partial charge in [0.15, 0.2) is 0 Å². The van der Waals surface area contributed by atoms with E-state index in [1.165, 1.54) is 19.4 Å². The first-order valence-electron chi connectivity index (χ1n) is 4.72. The Morgan fingerprint density at radius 1 is 1.62 bits per heavy atom. The number of amides is 1. The highest BCUT2D eigenvalue weighted by Gasteiger charge is 2.27. The Kier molecular flexibility index (Phi) is 3.95. The van der Waals surface area contributed by atoms with Gasteiger partial charge in [-0.15, -0.1) is 0 Å². The highest BCUT2D eigenvalue weighted by atomic mass is 35.5. The fourth-order valence-electron chi connectivity index (χ4n) is 1.39. The van der Waals surface area contributed by atoms with Crippen molar-refractivity contribution >= 4 is 23.5 Å². The molecule has 1 aromatic rings. The molecule has 0 aliphatic rings. The number of hydrogen-bond acceptors (Lipinski definition) is 3. The minimum absolute atomic E-state index is 0.0305.